The Morgan fingerprint density at radius 2 is 1.49 bits per heavy atom. The van der Waals surface area contributed by atoms with Gasteiger partial charge < -0.3 is 10.1 Å². The van der Waals surface area contributed by atoms with Crippen LogP contribution in [0.3, 0.4) is 0 Å². The van der Waals surface area contributed by atoms with Crippen LogP contribution < -0.4 is 14.4 Å². The van der Waals surface area contributed by atoms with E-state index in [-0.39, 0.29) is 5.91 Å². The minimum atomic E-state index is -3.71. The predicted octanol–water partition coefficient (Wildman–Crippen LogP) is 4.94. The molecule has 1 amide bonds. The maximum absolute atomic E-state index is 13.0. The first-order valence-electron chi connectivity index (χ1n) is 12.7. The summed E-state index contributed by atoms with van der Waals surface area (Å²) in [4.78, 5) is 15.4. The van der Waals surface area contributed by atoms with Crippen molar-refractivity contribution in [1.82, 2.24) is 10.2 Å². The Balaban J connectivity index is 1.36. The number of carbonyl (C=O) groups is 1. The first-order valence-corrected chi connectivity index (χ1v) is 14.5. The zero-order valence-electron chi connectivity index (χ0n) is 21.5. The molecular formula is C29H35N3O4S. The van der Waals surface area contributed by atoms with Crippen LogP contribution in [0.4, 0.5) is 5.69 Å². The summed E-state index contributed by atoms with van der Waals surface area (Å²) in [7, 11) is -3.71. The largest absolute Gasteiger partial charge is 0.457 e. The highest BCUT2D eigenvalue weighted by Gasteiger charge is 2.29. The molecule has 1 fully saturated rings. The summed E-state index contributed by atoms with van der Waals surface area (Å²) in [6.45, 7) is 5.16. The van der Waals surface area contributed by atoms with Gasteiger partial charge in [0.25, 0.3) is 0 Å². The molecule has 3 aromatic carbocycles. The molecule has 1 atom stereocenters. The third-order valence-electron chi connectivity index (χ3n) is 6.50. The van der Waals surface area contributed by atoms with E-state index in [9.17, 15) is 13.2 Å². The SMILES string of the molecule is C[C@@H](C(=O)NCc1ccc(CN2CCCCC2)cc1)N(c1ccc(Oc2ccccc2)cc1)S(C)(=O)=O. The molecule has 1 N–H and O–H groups in total. The Kier molecular flexibility index (Phi) is 8.84. The molecule has 196 valence electrons. The van der Waals surface area contributed by atoms with Crippen LogP contribution in [-0.4, -0.2) is 44.6 Å². The third kappa shape index (κ3) is 7.57. The second-order valence-corrected chi connectivity index (χ2v) is 11.4. The molecule has 8 heteroatoms. The first-order chi connectivity index (χ1) is 17.8. The van der Waals surface area contributed by atoms with Crippen molar-refractivity contribution < 1.29 is 17.9 Å². The van der Waals surface area contributed by atoms with Gasteiger partial charge in [0, 0.05) is 13.1 Å². The van der Waals surface area contributed by atoms with Crippen molar-refractivity contribution in [2.75, 3.05) is 23.7 Å². The molecule has 0 radical (unpaired) electrons. The average Bonchev–Trinajstić information content (AvgIpc) is 2.89. The fourth-order valence-electron chi connectivity index (χ4n) is 4.57. The number of piperidine rings is 1. The zero-order chi connectivity index (χ0) is 26.3. The smallest absolute Gasteiger partial charge is 0.243 e. The Hall–Kier alpha value is -3.36. The number of rotatable bonds is 10. The summed E-state index contributed by atoms with van der Waals surface area (Å²) in [6.07, 6.45) is 4.95. The van der Waals surface area contributed by atoms with Crippen molar-refractivity contribution in [2.24, 2.45) is 0 Å². The average molecular weight is 522 g/mol. The molecule has 0 unspecified atom stereocenters. The number of carbonyl (C=O) groups excluding carboxylic acids is 1. The number of anilines is 1. The minimum Gasteiger partial charge on any atom is -0.457 e. The van der Waals surface area contributed by atoms with Crippen LogP contribution in [0.15, 0.2) is 78.9 Å². The highest BCUT2D eigenvalue weighted by molar-refractivity contribution is 7.92. The van der Waals surface area contributed by atoms with Gasteiger partial charge in [0.2, 0.25) is 15.9 Å². The lowest BCUT2D eigenvalue weighted by molar-refractivity contribution is -0.122. The molecule has 1 aliphatic rings. The lowest BCUT2D eigenvalue weighted by atomic mass is 10.1. The van der Waals surface area contributed by atoms with Gasteiger partial charge in [-0.2, -0.15) is 0 Å². The number of para-hydroxylation sites is 1. The number of hydrogen-bond acceptors (Lipinski definition) is 5. The first kappa shape index (κ1) is 26.7. The molecule has 1 saturated heterocycles. The lowest BCUT2D eigenvalue weighted by Crippen LogP contribution is -2.47. The number of nitrogens with one attached hydrogen (secondary N) is 1. The van der Waals surface area contributed by atoms with Gasteiger partial charge in [0.15, 0.2) is 0 Å². The van der Waals surface area contributed by atoms with Gasteiger partial charge in [0.05, 0.1) is 11.9 Å². The maximum Gasteiger partial charge on any atom is 0.243 e. The van der Waals surface area contributed by atoms with E-state index < -0.39 is 16.1 Å². The van der Waals surface area contributed by atoms with Crippen LogP contribution in [0.25, 0.3) is 0 Å². The van der Waals surface area contributed by atoms with Gasteiger partial charge in [0.1, 0.15) is 17.5 Å². The van der Waals surface area contributed by atoms with E-state index in [2.05, 4.69) is 22.3 Å². The van der Waals surface area contributed by atoms with Gasteiger partial charge in [-0.25, -0.2) is 8.42 Å². The van der Waals surface area contributed by atoms with Crippen LogP contribution in [0.2, 0.25) is 0 Å². The van der Waals surface area contributed by atoms with Crippen molar-refractivity contribution in [1.29, 1.82) is 0 Å². The highest BCUT2D eigenvalue weighted by Crippen LogP contribution is 2.27. The van der Waals surface area contributed by atoms with E-state index in [0.29, 0.717) is 23.7 Å². The van der Waals surface area contributed by atoms with Crippen LogP contribution in [0.5, 0.6) is 11.5 Å². The number of amides is 1. The van der Waals surface area contributed by atoms with Crippen molar-refractivity contribution >= 4 is 21.6 Å². The van der Waals surface area contributed by atoms with Crippen LogP contribution in [-0.2, 0) is 27.9 Å². The molecule has 0 aromatic heterocycles. The Morgan fingerprint density at radius 3 is 2.11 bits per heavy atom. The molecular weight excluding hydrogens is 486 g/mol. The van der Waals surface area contributed by atoms with E-state index in [0.717, 1.165) is 35.8 Å². The number of ether oxygens (including phenoxy) is 1. The third-order valence-corrected chi connectivity index (χ3v) is 7.74. The molecule has 0 saturated carbocycles. The molecule has 0 spiro atoms. The summed E-state index contributed by atoms with van der Waals surface area (Å²) in [5.74, 6) is 0.888. The van der Waals surface area contributed by atoms with Gasteiger partial charge in [-0.1, -0.05) is 48.9 Å². The molecule has 1 heterocycles. The van der Waals surface area contributed by atoms with Crippen molar-refractivity contribution in [3.05, 3.63) is 90.0 Å². The van der Waals surface area contributed by atoms with E-state index in [4.69, 9.17) is 4.74 Å². The molecule has 1 aliphatic heterocycles. The number of nitrogens with zero attached hydrogens (tertiary/aromatic N) is 2. The van der Waals surface area contributed by atoms with E-state index in [1.165, 1.54) is 24.8 Å². The minimum absolute atomic E-state index is 0.328. The highest BCUT2D eigenvalue weighted by atomic mass is 32.2. The number of likely N-dealkylation sites (tertiary alicyclic amines) is 1. The molecule has 7 nitrogen and oxygen atoms in total. The van der Waals surface area contributed by atoms with Crippen molar-refractivity contribution in [2.45, 2.75) is 45.3 Å². The van der Waals surface area contributed by atoms with E-state index >= 15 is 0 Å². The second-order valence-electron chi connectivity index (χ2n) is 9.51. The standard InChI is InChI=1S/C29H35N3O4S/c1-23(29(33)30-21-24-11-13-25(14-12-24)22-31-19-7-4-8-20-31)32(37(2,34)35)26-15-17-28(18-16-26)36-27-9-5-3-6-10-27/h3,5-6,9-18,23H,4,7-8,19-22H2,1-2H3,(H,30,33)/t23-/m0/s1. The maximum atomic E-state index is 13.0. The van der Waals surface area contributed by atoms with Crippen LogP contribution in [0.1, 0.15) is 37.3 Å². The number of hydrogen-bond donors (Lipinski definition) is 1. The Morgan fingerprint density at radius 1 is 0.892 bits per heavy atom. The normalized spacial score (nSPS) is 15.1. The molecule has 37 heavy (non-hydrogen) atoms. The summed E-state index contributed by atoms with van der Waals surface area (Å²) in [6, 6.07) is 23.3. The summed E-state index contributed by atoms with van der Waals surface area (Å²) in [5.41, 5.74) is 2.62. The summed E-state index contributed by atoms with van der Waals surface area (Å²) in [5, 5.41) is 2.89. The van der Waals surface area contributed by atoms with E-state index in [1.807, 2.05) is 42.5 Å². The lowest BCUT2D eigenvalue weighted by Gasteiger charge is -2.28. The summed E-state index contributed by atoms with van der Waals surface area (Å²) >= 11 is 0. The number of sulfonamides is 1. The predicted molar refractivity (Wildman–Crippen MR) is 147 cm³/mol. The van der Waals surface area contributed by atoms with Gasteiger partial charge >= 0.3 is 0 Å². The fourth-order valence-corrected chi connectivity index (χ4v) is 5.74. The fraction of sp³-hybridized carbons (Fsp3) is 0.345. The van der Waals surface area contributed by atoms with Crippen LogP contribution >= 0.6 is 0 Å². The van der Waals surface area contributed by atoms with Gasteiger partial charge in [-0.3, -0.25) is 14.0 Å². The van der Waals surface area contributed by atoms with Crippen LogP contribution in [0, 0.1) is 0 Å². The van der Waals surface area contributed by atoms with Crippen molar-refractivity contribution in [3.8, 4) is 11.5 Å². The molecule has 3 aromatic rings. The van der Waals surface area contributed by atoms with Crippen molar-refractivity contribution in [3.63, 3.8) is 0 Å². The quantitative estimate of drug-likeness (QED) is 0.409. The number of benzene rings is 3. The second kappa shape index (κ2) is 12.3. The monoisotopic (exact) mass is 521 g/mol. The topological polar surface area (TPSA) is 79.0 Å². The Bertz CT molecular complexity index is 1260. The van der Waals surface area contributed by atoms with Gasteiger partial charge in [-0.05, 0) is 80.4 Å². The zero-order valence-corrected chi connectivity index (χ0v) is 22.3. The van der Waals surface area contributed by atoms with E-state index in [1.54, 1.807) is 31.2 Å². The molecule has 0 bridgehead atoms. The summed E-state index contributed by atoms with van der Waals surface area (Å²) < 4.78 is 32.2. The Labute approximate surface area is 220 Å². The molecule has 4 rings (SSSR count). The van der Waals surface area contributed by atoms with Gasteiger partial charge in [-0.15, -0.1) is 0 Å². The molecule has 0 aliphatic carbocycles.